The lowest BCUT2D eigenvalue weighted by atomic mass is 10.0. The highest BCUT2D eigenvalue weighted by atomic mass is 35.5. The zero-order valence-electron chi connectivity index (χ0n) is 12.4. The Morgan fingerprint density at radius 1 is 1.06 bits per heavy atom. The standard InChI is InChI=1S/C14H26N2O.ClH/c1-9-7-16(8-10(2)15-9)12(17)11-13(3,4)14(11,5)6;/h9-11,15H,7-8H2,1-6H3;1H. The SMILES string of the molecule is CC1CN(C(=O)C2C(C)(C)C2(C)C)CC(C)N1.Cl. The van der Waals surface area contributed by atoms with Gasteiger partial charge in [-0.1, -0.05) is 27.7 Å². The number of halogens is 1. The van der Waals surface area contributed by atoms with E-state index >= 15 is 0 Å². The van der Waals surface area contributed by atoms with Crippen molar-refractivity contribution in [2.45, 2.75) is 53.6 Å². The van der Waals surface area contributed by atoms with E-state index in [1.54, 1.807) is 0 Å². The van der Waals surface area contributed by atoms with Crippen LogP contribution in [-0.2, 0) is 4.79 Å². The number of piperazine rings is 1. The Kier molecular flexibility index (Phi) is 4.10. The van der Waals surface area contributed by atoms with Crippen molar-refractivity contribution in [1.82, 2.24) is 10.2 Å². The van der Waals surface area contributed by atoms with Crippen LogP contribution in [0.4, 0.5) is 0 Å². The van der Waals surface area contributed by atoms with E-state index < -0.39 is 0 Å². The fourth-order valence-corrected chi connectivity index (χ4v) is 3.50. The van der Waals surface area contributed by atoms with E-state index in [2.05, 4.69) is 51.8 Å². The van der Waals surface area contributed by atoms with Crippen molar-refractivity contribution >= 4 is 18.3 Å². The first-order valence-corrected chi connectivity index (χ1v) is 6.72. The Balaban J connectivity index is 0.00000162. The predicted molar refractivity (Wildman–Crippen MR) is 76.9 cm³/mol. The number of amides is 1. The summed E-state index contributed by atoms with van der Waals surface area (Å²) in [5.41, 5.74) is 0.308. The van der Waals surface area contributed by atoms with Gasteiger partial charge in [0.05, 0.1) is 0 Å². The molecule has 2 aliphatic rings. The highest BCUT2D eigenvalue weighted by Crippen LogP contribution is 2.68. The molecular weight excluding hydrogens is 248 g/mol. The van der Waals surface area contributed by atoms with Crippen LogP contribution in [0.5, 0.6) is 0 Å². The molecule has 1 aliphatic carbocycles. The second-order valence-electron chi connectivity index (χ2n) is 7.09. The summed E-state index contributed by atoms with van der Waals surface area (Å²) in [5.74, 6) is 0.563. The molecule has 0 radical (unpaired) electrons. The molecule has 1 saturated heterocycles. The smallest absolute Gasteiger partial charge is 0.226 e. The number of nitrogens with zero attached hydrogens (tertiary/aromatic N) is 1. The molecule has 2 rings (SSSR count). The highest BCUT2D eigenvalue weighted by molar-refractivity contribution is 5.85. The zero-order valence-corrected chi connectivity index (χ0v) is 13.2. The van der Waals surface area contributed by atoms with Gasteiger partial charge in [0, 0.05) is 31.1 Å². The Bertz CT molecular complexity index is 317. The van der Waals surface area contributed by atoms with Gasteiger partial charge in [0.2, 0.25) is 5.91 Å². The van der Waals surface area contributed by atoms with Crippen molar-refractivity contribution in [3.05, 3.63) is 0 Å². The molecule has 1 amide bonds. The summed E-state index contributed by atoms with van der Waals surface area (Å²) in [5, 5.41) is 3.47. The molecule has 3 nitrogen and oxygen atoms in total. The third-order valence-corrected chi connectivity index (χ3v) is 5.14. The van der Waals surface area contributed by atoms with Gasteiger partial charge in [-0.15, -0.1) is 12.4 Å². The van der Waals surface area contributed by atoms with E-state index in [-0.39, 0.29) is 29.2 Å². The quantitative estimate of drug-likeness (QED) is 0.796. The van der Waals surface area contributed by atoms with Gasteiger partial charge in [0.15, 0.2) is 0 Å². The summed E-state index contributed by atoms with van der Waals surface area (Å²) in [4.78, 5) is 14.6. The van der Waals surface area contributed by atoms with Crippen LogP contribution in [0.3, 0.4) is 0 Å². The number of carbonyl (C=O) groups is 1. The Morgan fingerprint density at radius 2 is 1.44 bits per heavy atom. The topological polar surface area (TPSA) is 32.3 Å². The van der Waals surface area contributed by atoms with Crippen molar-refractivity contribution in [3.8, 4) is 0 Å². The first kappa shape index (κ1) is 15.8. The fraction of sp³-hybridized carbons (Fsp3) is 0.929. The molecule has 1 aliphatic heterocycles. The summed E-state index contributed by atoms with van der Waals surface area (Å²) < 4.78 is 0. The van der Waals surface area contributed by atoms with Gasteiger partial charge in [0.1, 0.15) is 0 Å². The zero-order chi connectivity index (χ0) is 13.0. The Labute approximate surface area is 117 Å². The Morgan fingerprint density at radius 3 is 1.78 bits per heavy atom. The molecule has 2 unspecified atom stereocenters. The molecule has 4 heteroatoms. The minimum absolute atomic E-state index is 0. The maximum Gasteiger partial charge on any atom is 0.226 e. The molecule has 0 spiro atoms. The average Bonchev–Trinajstić information content (AvgIpc) is 2.54. The van der Waals surface area contributed by atoms with Gasteiger partial charge in [-0.2, -0.15) is 0 Å². The molecule has 18 heavy (non-hydrogen) atoms. The maximum atomic E-state index is 12.6. The van der Waals surface area contributed by atoms with Crippen molar-refractivity contribution in [2.75, 3.05) is 13.1 Å². The molecule has 106 valence electrons. The molecule has 1 N–H and O–H groups in total. The van der Waals surface area contributed by atoms with Gasteiger partial charge in [-0.3, -0.25) is 4.79 Å². The second kappa shape index (κ2) is 4.68. The summed E-state index contributed by atoms with van der Waals surface area (Å²) in [6.45, 7) is 14.9. The second-order valence-corrected chi connectivity index (χ2v) is 7.09. The molecular formula is C14H27ClN2O. The Hall–Kier alpha value is -0.280. The lowest BCUT2D eigenvalue weighted by Crippen LogP contribution is -2.56. The normalized spacial score (nSPS) is 33.8. The number of carbonyl (C=O) groups excluding carboxylic acids is 1. The van der Waals surface area contributed by atoms with Crippen LogP contribution in [-0.4, -0.2) is 36.0 Å². The monoisotopic (exact) mass is 274 g/mol. The van der Waals surface area contributed by atoms with Crippen LogP contribution >= 0.6 is 12.4 Å². The van der Waals surface area contributed by atoms with Crippen LogP contribution in [0.1, 0.15) is 41.5 Å². The summed E-state index contributed by atoms with van der Waals surface area (Å²) in [7, 11) is 0. The predicted octanol–water partition coefficient (Wildman–Crippen LogP) is 2.30. The molecule has 0 bridgehead atoms. The third kappa shape index (κ3) is 2.27. The average molecular weight is 275 g/mol. The maximum absolute atomic E-state index is 12.6. The van der Waals surface area contributed by atoms with Crippen molar-refractivity contribution in [2.24, 2.45) is 16.7 Å². The van der Waals surface area contributed by atoms with Crippen LogP contribution in [0.2, 0.25) is 0 Å². The minimum Gasteiger partial charge on any atom is -0.339 e. The molecule has 1 saturated carbocycles. The van der Waals surface area contributed by atoms with E-state index in [0.29, 0.717) is 18.0 Å². The van der Waals surface area contributed by atoms with Crippen LogP contribution in [0.25, 0.3) is 0 Å². The fourth-order valence-electron chi connectivity index (χ4n) is 3.50. The summed E-state index contributed by atoms with van der Waals surface area (Å²) >= 11 is 0. The van der Waals surface area contributed by atoms with E-state index in [1.807, 2.05) is 0 Å². The highest BCUT2D eigenvalue weighted by Gasteiger charge is 2.68. The van der Waals surface area contributed by atoms with E-state index in [9.17, 15) is 4.79 Å². The van der Waals surface area contributed by atoms with Gasteiger partial charge in [-0.05, 0) is 24.7 Å². The first-order chi connectivity index (χ1) is 7.68. The number of hydrogen-bond donors (Lipinski definition) is 1. The molecule has 2 fully saturated rings. The summed E-state index contributed by atoms with van der Waals surface area (Å²) in [6.07, 6.45) is 0. The van der Waals surface area contributed by atoms with Gasteiger partial charge < -0.3 is 10.2 Å². The van der Waals surface area contributed by atoms with Crippen molar-refractivity contribution < 1.29 is 4.79 Å². The first-order valence-electron chi connectivity index (χ1n) is 6.72. The van der Waals surface area contributed by atoms with E-state index in [0.717, 1.165) is 13.1 Å². The molecule has 0 aromatic carbocycles. The van der Waals surface area contributed by atoms with E-state index in [1.165, 1.54) is 0 Å². The van der Waals surface area contributed by atoms with E-state index in [4.69, 9.17) is 0 Å². The molecule has 0 aromatic rings. The van der Waals surface area contributed by atoms with Gasteiger partial charge >= 0.3 is 0 Å². The number of rotatable bonds is 1. The van der Waals surface area contributed by atoms with Crippen molar-refractivity contribution in [1.29, 1.82) is 0 Å². The molecule has 2 atom stereocenters. The van der Waals surface area contributed by atoms with Gasteiger partial charge in [0.25, 0.3) is 0 Å². The minimum atomic E-state index is 0. The lowest BCUT2D eigenvalue weighted by molar-refractivity contribution is -0.135. The van der Waals surface area contributed by atoms with Crippen molar-refractivity contribution in [3.63, 3.8) is 0 Å². The number of nitrogens with one attached hydrogen (secondary N) is 1. The van der Waals surface area contributed by atoms with Crippen LogP contribution in [0, 0.1) is 16.7 Å². The third-order valence-electron chi connectivity index (χ3n) is 5.14. The molecule has 0 aromatic heterocycles. The number of hydrogen-bond acceptors (Lipinski definition) is 2. The lowest BCUT2D eigenvalue weighted by Gasteiger charge is -2.36. The molecule has 1 heterocycles. The largest absolute Gasteiger partial charge is 0.339 e. The summed E-state index contributed by atoms with van der Waals surface area (Å²) in [6, 6.07) is 0.820. The van der Waals surface area contributed by atoms with Crippen LogP contribution < -0.4 is 5.32 Å². The van der Waals surface area contributed by atoms with Gasteiger partial charge in [-0.25, -0.2) is 0 Å². The van der Waals surface area contributed by atoms with Crippen LogP contribution in [0.15, 0.2) is 0 Å².